The van der Waals surface area contributed by atoms with Gasteiger partial charge >= 0.3 is 5.97 Å². The molecular formula is C20H21FN4O4. The first-order chi connectivity index (χ1) is 13.9. The van der Waals surface area contributed by atoms with Crippen molar-refractivity contribution >= 4 is 28.5 Å². The molecule has 9 heteroatoms. The quantitative estimate of drug-likeness (QED) is 0.710. The van der Waals surface area contributed by atoms with Crippen molar-refractivity contribution in [2.75, 3.05) is 24.5 Å². The third kappa shape index (κ3) is 2.57. The molecule has 1 unspecified atom stereocenters. The molecule has 2 aliphatic heterocycles. The van der Waals surface area contributed by atoms with Gasteiger partial charge in [0.15, 0.2) is 5.82 Å². The van der Waals surface area contributed by atoms with E-state index in [1.165, 1.54) is 6.20 Å². The van der Waals surface area contributed by atoms with Gasteiger partial charge in [0.1, 0.15) is 5.56 Å². The van der Waals surface area contributed by atoms with Crippen LogP contribution in [0.15, 0.2) is 11.0 Å². The van der Waals surface area contributed by atoms with Crippen molar-refractivity contribution in [2.45, 2.75) is 31.8 Å². The van der Waals surface area contributed by atoms with Crippen LogP contribution in [0.5, 0.6) is 0 Å². The predicted octanol–water partition coefficient (Wildman–Crippen LogP) is 1.20. The van der Waals surface area contributed by atoms with Crippen LogP contribution in [0.25, 0.3) is 10.9 Å². The summed E-state index contributed by atoms with van der Waals surface area (Å²) in [6.07, 6.45) is 3.64. The number of nitrogens with one attached hydrogen (secondary N) is 1. The Morgan fingerprint density at radius 1 is 1.31 bits per heavy atom. The number of rotatable bonds is 4. The Bertz CT molecular complexity index is 1140. The van der Waals surface area contributed by atoms with Crippen molar-refractivity contribution in [1.29, 1.82) is 0 Å². The summed E-state index contributed by atoms with van der Waals surface area (Å²) in [5.74, 6) is -2.21. The Balaban J connectivity index is 1.88. The number of aromatic carboxylic acids is 1. The average molecular weight is 400 g/mol. The Labute approximate surface area is 165 Å². The van der Waals surface area contributed by atoms with Crippen LogP contribution in [-0.2, 0) is 6.54 Å². The number of pyridine rings is 1. The molecule has 0 radical (unpaired) electrons. The monoisotopic (exact) mass is 400 g/mol. The molecule has 1 aromatic heterocycles. The van der Waals surface area contributed by atoms with Gasteiger partial charge in [0.25, 0.3) is 5.91 Å². The second kappa shape index (κ2) is 6.28. The molecule has 0 spiro atoms. The molecule has 1 aliphatic carbocycles. The number of halogens is 1. The molecule has 2 aromatic rings. The number of amides is 1. The molecule has 0 bridgehead atoms. The predicted molar refractivity (Wildman–Crippen MR) is 104 cm³/mol. The van der Waals surface area contributed by atoms with Gasteiger partial charge in [-0.15, -0.1) is 0 Å². The molecular weight excluding hydrogens is 379 g/mol. The van der Waals surface area contributed by atoms with Gasteiger partial charge in [-0.2, -0.15) is 0 Å². The molecule has 29 heavy (non-hydrogen) atoms. The number of carboxylic acid groups (broad SMARTS) is 1. The van der Waals surface area contributed by atoms with Gasteiger partial charge in [0.2, 0.25) is 5.43 Å². The summed E-state index contributed by atoms with van der Waals surface area (Å²) in [6, 6.07) is -0.0444. The number of hydrogen-bond acceptors (Lipinski definition) is 5. The lowest BCUT2D eigenvalue weighted by Gasteiger charge is -2.24. The van der Waals surface area contributed by atoms with Gasteiger partial charge in [-0.3, -0.25) is 9.59 Å². The largest absolute Gasteiger partial charge is 0.477 e. The summed E-state index contributed by atoms with van der Waals surface area (Å²) >= 11 is 0. The Kier molecular flexibility index (Phi) is 3.92. The van der Waals surface area contributed by atoms with E-state index in [4.69, 9.17) is 5.73 Å². The molecule has 2 fully saturated rings. The molecule has 5 rings (SSSR count). The molecule has 1 saturated heterocycles. The minimum Gasteiger partial charge on any atom is -0.477 e. The van der Waals surface area contributed by atoms with Crippen molar-refractivity contribution in [3.05, 3.63) is 38.9 Å². The molecule has 8 nitrogen and oxygen atoms in total. The summed E-state index contributed by atoms with van der Waals surface area (Å²) in [4.78, 5) is 39.1. The maximum absolute atomic E-state index is 16.0. The van der Waals surface area contributed by atoms with Gasteiger partial charge < -0.3 is 25.6 Å². The Morgan fingerprint density at radius 3 is 2.69 bits per heavy atom. The minimum absolute atomic E-state index is 0.000900. The van der Waals surface area contributed by atoms with Crippen molar-refractivity contribution in [3.8, 4) is 0 Å². The summed E-state index contributed by atoms with van der Waals surface area (Å²) in [5.41, 5.74) is 5.47. The Morgan fingerprint density at radius 2 is 2.07 bits per heavy atom. The van der Waals surface area contributed by atoms with E-state index in [1.807, 2.05) is 4.90 Å². The van der Waals surface area contributed by atoms with Crippen molar-refractivity contribution < 1.29 is 19.1 Å². The number of anilines is 1. The number of carbonyl (C=O) groups excluding carboxylic acids is 1. The van der Waals surface area contributed by atoms with Gasteiger partial charge in [-0.25, -0.2) is 9.18 Å². The second-order valence-corrected chi connectivity index (χ2v) is 8.07. The van der Waals surface area contributed by atoms with E-state index < -0.39 is 28.7 Å². The fourth-order valence-electron chi connectivity index (χ4n) is 4.62. The van der Waals surface area contributed by atoms with Crippen LogP contribution in [0.3, 0.4) is 0 Å². The summed E-state index contributed by atoms with van der Waals surface area (Å²) in [7, 11) is 0. The van der Waals surface area contributed by atoms with Crippen LogP contribution < -0.4 is 21.4 Å². The number of carboxylic acids is 1. The average Bonchev–Trinajstić information content (AvgIpc) is 3.31. The van der Waals surface area contributed by atoms with Gasteiger partial charge in [-0.05, 0) is 37.3 Å². The lowest BCUT2D eigenvalue weighted by atomic mass is 9.98. The lowest BCUT2D eigenvalue weighted by Crippen LogP contribution is -2.27. The van der Waals surface area contributed by atoms with Crippen molar-refractivity contribution in [3.63, 3.8) is 0 Å². The van der Waals surface area contributed by atoms with Gasteiger partial charge in [0.05, 0.1) is 22.2 Å². The van der Waals surface area contributed by atoms with Crippen LogP contribution in [0, 0.1) is 11.7 Å². The van der Waals surface area contributed by atoms with E-state index in [2.05, 4.69) is 5.32 Å². The summed E-state index contributed by atoms with van der Waals surface area (Å²) in [5, 5.41) is 12.2. The fraction of sp³-hybridized carbons (Fsp3) is 0.450. The Hall–Kier alpha value is -2.94. The van der Waals surface area contributed by atoms with Crippen molar-refractivity contribution in [2.24, 2.45) is 11.7 Å². The standard InChI is InChI=1S/C20H21FN4O4/c21-15-16(24-4-3-9(5-22)7-24)14-11(6-23-19(14)27)13-17(15)25(10-1-2-10)8-12(18(13)26)20(28)29/h8-10H,1-7,22H2,(H,23,27)(H,28,29). The zero-order valence-electron chi connectivity index (χ0n) is 15.7. The molecule has 152 valence electrons. The molecule has 4 N–H and O–H groups in total. The molecule has 3 heterocycles. The third-order valence-electron chi connectivity index (χ3n) is 6.25. The number of benzene rings is 1. The van der Waals surface area contributed by atoms with E-state index in [9.17, 15) is 19.5 Å². The minimum atomic E-state index is -1.35. The van der Waals surface area contributed by atoms with Crippen molar-refractivity contribution in [1.82, 2.24) is 9.88 Å². The fourth-order valence-corrected chi connectivity index (χ4v) is 4.62. The van der Waals surface area contributed by atoms with E-state index in [1.54, 1.807) is 4.57 Å². The normalized spacial score (nSPS) is 21.0. The maximum Gasteiger partial charge on any atom is 0.341 e. The zero-order chi connectivity index (χ0) is 20.4. The lowest BCUT2D eigenvalue weighted by molar-refractivity contribution is 0.0694. The third-order valence-corrected chi connectivity index (χ3v) is 6.25. The van der Waals surface area contributed by atoms with Crippen LogP contribution in [-0.4, -0.2) is 41.2 Å². The number of carbonyl (C=O) groups is 2. The topological polar surface area (TPSA) is 118 Å². The van der Waals surface area contributed by atoms with E-state index in [-0.39, 0.29) is 40.7 Å². The second-order valence-electron chi connectivity index (χ2n) is 8.07. The number of fused-ring (bicyclic) bond motifs is 3. The van der Waals surface area contributed by atoms with E-state index in [0.717, 1.165) is 19.3 Å². The van der Waals surface area contributed by atoms with E-state index >= 15 is 4.39 Å². The number of nitrogens with zero attached hydrogens (tertiary/aromatic N) is 2. The number of aromatic nitrogens is 1. The first kappa shape index (κ1) is 18.1. The van der Waals surface area contributed by atoms with Crippen LogP contribution in [0.2, 0.25) is 0 Å². The SMILES string of the molecule is NCC1CCN(c2c3c(c4c(=O)c(C(=O)O)cn(C5CC5)c4c2F)CNC3=O)C1. The summed E-state index contributed by atoms with van der Waals surface area (Å²) in [6.45, 7) is 1.67. The highest BCUT2D eigenvalue weighted by Gasteiger charge is 2.38. The first-order valence-electron chi connectivity index (χ1n) is 9.82. The molecule has 3 aliphatic rings. The number of hydrogen-bond donors (Lipinski definition) is 3. The smallest absolute Gasteiger partial charge is 0.341 e. The van der Waals surface area contributed by atoms with Gasteiger partial charge in [-0.1, -0.05) is 0 Å². The van der Waals surface area contributed by atoms with Crippen LogP contribution in [0.1, 0.15) is 51.6 Å². The van der Waals surface area contributed by atoms with Crippen LogP contribution >= 0.6 is 0 Å². The van der Waals surface area contributed by atoms with Gasteiger partial charge in [0, 0.05) is 31.9 Å². The molecule has 1 atom stereocenters. The number of nitrogens with two attached hydrogens (primary N) is 1. The zero-order valence-corrected chi connectivity index (χ0v) is 15.7. The highest BCUT2D eigenvalue weighted by atomic mass is 19.1. The first-order valence-corrected chi connectivity index (χ1v) is 9.82. The maximum atomic E-state index is 16.0. The summed E-state index contributed by atoms with van der Waals surface area (Å²) < 4.78 is 17.6. The van der Waals surface area contributed by atoms with Crippen LogP contribution in [0.4, 0.5) is 10.1 Å². The highest BCUT2D eigenvalue weighted by molar-refractivity contribution is 6.10. The molecule has 1 aromatic carbocycles. The highest BCUT2D eigenvalue weighted by Crippen LogP contribution is 2.43. The van der Waals surface area contributed by atoms with E-state index in [0.29, 0.717) is 25.2 Å². The molecule has 1 saturated carbocycles. The molecule has 1 amide bonds.